The van der Waals surface area contributed by atoms with Crippen molar-refractivity contribution >= 4 is 34.2 Å². The van der Waals surface area contributed by atoms with Crippen molar-refractivity contribution < 1.29 is 19.3 Å². The first-order chi connectivity index (χ1) is 13.8. The molecule has 4 heterocycles. The Kier molecular flexibility index (Phi) is 4.58. The Morgan fingerprint density at radius 3 is 2.72 bits per heavy atom. The van der Waals surface area contributed by atoms with E-state index < -0.39 is 36.4 Å². The number of aliphatic hydroxyl groups excluding tert-OH is 1. The van der Waals surface area contributed by atoms with Gasteiger partial charge in [0, 0.05) is 11.2 Å². The number of nitrogens with zero attached hydrogens (tertiary/aromatic N) is 3. The van der Waals surface area contributed by atoms with Crippen LogP contribution in [0.5, 0.6) is 0 Å². The average molecular weight is 436 g/mol. The molecule has 0 amide bonds. The van der Waals surface area contributed by atoms with Crippen molar-refractivity contribution in [3.63, 3.8) is 0 Å². The lowest BCUT2D eigenvalue weighted by molar-refractivity contribution is -0.207. The van der Waals surface area contributed by atoms with Gasteiger partial charge in [0.1, 0.15) is 41.5 Å². The molecular weight excluding hydrogens is 417 g/mol. The standard InChI is InChI=1S/C20H19Cl2N3O4/c1-20(2)28-15-14(13(26)10-4-3-5-11(21)8-10)27-19(16(15)29-20)25-7-6-12-17(22)23-9-24-18(12)25/h3-9,13-16,19,26H,1-2H3/t13?,14-,15-,16-,19-/m1/s1. The fourth-order valence-corrected chi connectivity index (χ4v) is 4.50. The quantitative estimate of drug-likeness (QED) is 0.628. The number of benzene rings is 1. The Labute approximate surface area is 177 Å². The Balaban J connectivity index is 1.54. The third-order valence-corrected chi connectivity index (χ3v) is 5.84. The fraction of sp³-hybridized carbons (Fsp3) is 0.400. The lowest BCUT2D eigenvalue weighted by atomic mass is 9.99. The van der Waals surface area contributed by atoms with E-state index in [4.69, 9.17) is 37.4 Å². The monoisotopic (exact) mass is 435 g/mol. The number of aromatic nitrogens is 3. The van der Waals surface area contributed by atoms with Crippen LogP contribution in [0.15, 0.2) is 42.9 Å². The van der Waals surface area contributed by atoms with E-state index in [1.165, 1.54) is 6.33 Å². The molecule has 9 heteroatoms. The van der Waals surface area contributed by atoms with E-state index in [2.05, 4.69) is 9.97 Å². The number of rotatable bonds is 3. The molecule has 2 aromatic heterocycles. The lowest BCUT2D eigenvalue weighted by Crippen LogP contribution is -2.34. The second-order valence-electron chi connectivity index (χ2n) is 7.68. The zero-order valence-corrected chi connectivity index (χ0v) is 17.2. The summed E-state index contributed by atoms with van der Waals surface area (Å²) < 4.78 is 20.4. The molecule has 1 aromatic carbocycles. The molecular formula is C20H19Cl2N3O4. The summed E-state index contributed by atoms with van der Waals surface area (Å²) in [4.78, 5) is 8.37. The van der Waals surface area contributed by atoms with Gasteiger partial charge >= 0.3 is 0 Å². The highest BCUT2D eigenvalue weighted by Gasteiger charge is 2.58. The number of fused-ring (bicyclic) bond motifs is 2. The second kappa shape index (κ2) is 6.91. The molecule has 0 radical (unpaired) electrons. The van der Waals surface area contributed by atoms with E-state index in [0.717, 1.165) is 0 Å². The normalized spacial score (nSPS) is 29.3. The molecule has 5 atom stereocenters. The van der Waals surface area contributed by atoms with Crippen molar-refractivity contribution in [3.8, 4) is 0 Å². The topological polar surface area (TPSA) is 78.6 Å². The maximum absolute atomic E-state index is 11.1. The summed E-state index contributed by atoms with van der Waals surface area (Å²) in [5.41, 5.74) is 1.28. The first kappa shape index (κ1) is 19.2. The smallest absolute Gasteiger partial charge is 0.164 e. The summed E-state index contributed by atoms with van der Waals surface area (Å²) in [5.74, 6) is -0.806. The summed E-state index contributed by atoms with van der Waals surface area (Å²) in [6.45, 7) is 3.69. The predicted octanol–water partition coefficient (Wildman–Crippen LogP) is 3.89. The molecule has 152 valence electrons. The van der Waals surface area contributed by atoms with Crippen LogP contribution < -0.4 is 0 Å². The number of ether oxygens (including phenoxy) is 3. The molecule has 0 saturated carbocycles. The van der Waals surface area contributed by atoms with Gasteiger partial charge in [0.05, 0.1) is 5.39 Å². The Morgan fingerprint density at radius 1 is 1.14 bits per heavy atom. The van der Waals surface area contributed by atoms with Crippen LogP contribution in [0.2, 0.25) is 10.2 Å². The zero-order valence-electron chi connectivity index (χ0n) is 15.7. The van der Waals surface area contributed by atoms with Crippen molar-refractivity contribution in [2.24, 2.45) is 0 Å². The van der Waals surface area contributed by atoms with Crippen LogP contribution in [0.3, 0.4) is 0 Å². The molecule has 1 N–H and O–H groups in total. The summed E-state index contributed by atoms with van der Waals surface area (Å²) in [5, 5.41) is 12.7. The summed E-state index contributed by atoms with van der Waals surface area (Å²) >= 11 is 12.3. The molecule has 29 heavy (non-hydrogen) atoms. The van der Waals surface area contributed by atoms with Gasteiger partial charge in [-0.3, -0.25) is 0 Å². The first-order valence-electron chi connectivity index (χ1n) is 9.26. The highest BCUT2D eigenvalue weighted by Crippen LogP contribution is 2.47. The van der Waals surface area contributed by atoms with E-state index in [1.807, 2.05) is 30.7 Å². The van der Waals surface area contributed by atoms with Crippen molar-refractivity contribution in [2.75, 3.05) is 0 Å². The van der Waals surface area contributed by atoms with Crippen LogP contribution in [0, 0.1) is 0 Å². The molecule has 5 rings (SSSR count). The Hall–Kier alpha value is -1.74. The second-order valence-corrected chi connectivity index (χ2v) is 8.48. The van der Waals surface area contributed by atoms with Gasteiger partial charge in [0.2, 0.25) is 0 Å². The summed E-state index contributed by atoms with van der Waals surface area (Å²) in [6, 6.07) is 8.90. The molecule has 0 aliphatic carbocycles. The van der Waals surface area contributed by atoms with Crippen molar-refractivity contribution in [1.82, 2.24) is 14.5 Å². The molecule has 0 spiro atoms. The molecule has 3 aromatic rings. The van der Waals surface area contributed by atoms with Gasteiger partial charge in [-0.25, -0.2) is 9.97 Å². The molecule has 2 aliphatic heterocycles. The average Bonchev–Trinajstić information content (AvgIpc) is 3.32. The van der Waals surface area contributed by atoms with Crippen molar-refractivity contribution in [2.45, 2.75) is 50.3 Å². The van der Waals surface area contributed by atoms with Gasteiger partial charge in [-0.1, -0.05) is 35.3 Å². The number of halogens is 2. The summed E-state index contributed by atoms with van der Waals surface area (Å²) in [6.07, 6.45) is 0.178. The van der Waals surface area contributed by atoms with E-state index >= 15 is 0 Å². The Bertz CT molecular complexity index is 1070. The zero-order chi connectivity index (χ0) is 20.3. The first-order valence-corrected chi connectivity index (χ1v) is 10.0. The minimum atomic E-state index is -0.941. The SMILES string of the molecule is CC1(C)O[C@@H]2[C@H](O1)[C@@H](C(O)c1cccc(Cl)c1)O[C@H]2n1ccc2c(Cl)ncnc21. The number of hydrogen-bond donors (Lipinski definition) is 1. The van der Waals surface area contributed by atoms with Crippen LogP contribution in [0.4, 0.5) is 0 Å². The van der Waals surface area contributed by atoms with Gasteiger partial charge < -0.3 is 23.9 Å². The Morgan fingerprint density at radius 2 is 1.93 bits per heavy atom. The van der Waals surface area contributed by atoms with E-state index in [-0.39, 0.29) is 0 Å². The van der Waals surface area contributed by atoms with Crippen molar-refractivity contribution in [3.05, 3.63) is 58.6 Å². The van der Waals surface area contributed by atoms with E-state index in [1.54, 1.807) is 24.3 Å². The number of hydrogen-bond acceptors (Lipinski definition) is 6. The van der Waals surface area contributed by atoms with Gasteiger partial charge in [-0.05, 0) is 37.6 Å². The minimum Gasteiger partial charge on any atom is -0.386 e. The summed E-state index contributed by atoms with van der Waals surface area (Å²) in [7, 11) is 0. The van der Waals surface area contributed by atoms with Gasteiger partial charge in [0.15, 0.2) is 12.0 Å². The molecule has 2 fully saturated rings. The number of aliphatic hydroxyl groups is 1. The highest BCUT2D eigenvalue weighted by molar-refractivity contribution is 6.33. The lowest BCUT2D eigenvalue weighted by Gasteiger charge is -2.27. The fourth-order valence-electron chi connectivity index (χ4n) is 4.11. The minimum absolute atomic E-state index is 0.364. The highest BCUT2D eigenvalue weighted by atomic mass is 35.5. The predicted molar refractivity (Wildman–Crippen MR) is 107 cm³/mol. The molecule has 1 unspecified atom stereocenters. The van der Waals surface area contributed by atoms with Gasteiger partial charge in [-0.2, -0.15) is 0 Å². The van der Waals surface area contributed by atoms with Gasteiger partial charge in [0.25, 0.3) is 0 Å². The van der Waals surface area contributed by atoms with Gasteiger partial charge in [-0.15, -0.1) is 0 Å². The maximum atomic E-state index is 11.1. The van der Waals surface area contributed by atoms with Crippen LogP contribution >= 0.6 is 23.2 Å². The third kappa shape index (κ3) is 3.22. The largest absolute Gasteiger partial charge is 0.386 e. The van der Waals surface area contributed by atoms with Crippen LogP contribution in [0.1, 0.15) is 31.7 Å². The van der Waals surface area contributed by atoms with E-state index in [0.29, 0.717) is 26.8 Å². The molecule has 7 nitrogen and oxygen atoms in total. The third-order valence-electron chi connectivity index (χ3n) is 5.30. The maximum Gasteiger partial charge on any atom is 0.164 e. The van der Waals surface area contributed by atoms with Crippen molar-refractivity contribution in [1.29, 1.82) is 0 Å². The molecule has 2 aliphatic rings. The molecule has 2 saturated heterocycles. The van der Waals surface area contributed by atoms with Crippen LogP contribution in [-0.4, -0.2) is 43.7 Å². The van der Waals surface area contributed by atoms with E-state index in [9.17, 15) is 5.11 Å². The van der Waals surface area contributed by atoms with Crippen LogP contribution in [0.25, 0.3) is 11.0 Å². The molecule has 0 bridgehead atoms. The van der Waals surface area contributed by atoms with Crippen LogP contribution in [-0.2, 0) is 14.2 Å².